The predicted molar refractivity (Wildman–Crippen MR) is 132 cm³/mol. The highest BCUT2D eigenvalue weighted by Crippen LogP contribution is 2.38. The van der Waals surface area contributed by atoms with Crippen molar-refractivity contribution >= 4 is 25.2 Å². The number of benzene rings is 1. The number of amides is 1. The molecule has 180 valence electrons. The molecule has 8 nitrogen and oxygen atoms in total. The maximum absolute atomic E-state index is 12.4. The zero-order valence-corrected chi connectivity index (χ0v) is 20.4. The van der Waals surface area contributed by atoms with Gasteiger partial charge in [-0.3, -0.25) is 0 Å². The van der Waals surface area contributed by atoms with Gasteiger partial charge in [-0.1, -0.05) is 36.4 Å². The third kappa shape index (κ3) is 5.77. The Morgan fingerprint density at radius 1 is 1.09 bits per heavy atom. The fourth-order valence-corrected chi connectivity index (χ4v) is 3.85. The molecule has 0 atom stereocenters. The smallest absolute Gasteiger partial charge is 0.445 e. The summed E-state index contributed by atoms with van der Waals surface area (Å²) in [4.78, 5) is 23.6. The van der Waals surface area contributed by atoms with E-state index in [1.807, 2.05) is 64.1 Å². The predicted octanol–water partition coefficient (Wildman–Crippen LogP) is 4.02. The van der Waals surface area contributed by atoms with Crippen molar-refractivity contribution in [3.8, 4) is 0 Å². The number of nitrogens with one attached hydrogen (secondary N) is 1. The highest BCUT2D eigenvalue weighted by atomic mass is 16.7. The molecule has 1 amide bonds. The maximum Gasteiger partial charge on any atom is 0.492 e. The van der Waals surface area contributed by atoms with Crippen LogP contribution in [0.5, 0.6) is 0 Å². The van der Waals surface area contributed by atoms with E-state index in [4.69, 9.17) is 14.0 Å². The van der Waals surface area contributed by atoms with E-state index < -0.39 is 24.4 Å². The second kappa shape index (κ2) is 10.2. The lowest BCUT2D eigenvalue weighted by Crippen LogP contribution is -2.41. The summed E-state index contributed by atoms with van der Waals surface area (Å²) >= 11 is 0. The molecule has 1 aromatic carbocycles. The molecular weight excluding hydrogens is 431 g/mol. The van der Waals surface area contributed by atoms with Gasteiger partial charge in [0.1, 0.15) is 6.61 Å². The molecule has 2 aromatic rings. The number of aromatic nitrogens is 2. The molecule has 0 saturated carbocycles. The minimum absolute atomic E-state index is 0.202. The van der Waals surface area contributed by atoms with Crippen LogP contribution in [0.4, 0.5) is 10.7 Å². The summed E-state index contributed by atoms with van der Waals surface area (Å²) in [6, 6.07) is 9.57. The van der Waals surface area contributed by atoms with Gasteiger partial charge in [-0.25, -0.2) is 14.8 Å². The average molecular weight is 464 g/mol. The highest BCUT2D eigenvalue weighted by Gasteiger charge is 2.52. The molecule has 3 heterocycles. The fraction of sp³-hybridized carbons (Fsp3) is 0.480. The van der Waals surface area contributed by atoms with Crippen molar-refractivity contribution in [3.63, 3.8) is 0 Å². The van der Waals surface area contributed by atoms with Crippen LogP contribution >= 0.6 is 0 Å². The number of anilines is 1. The lowest BCUT2D eigenvalue weighted by Gasteiger charge is -2.32. The Kier molecular flexibility index (Phi) is 7.23. The summed E-state index contributed by atoms with van der Waals surface area (Å²) in [6.45, 7) is 10.4. The van der Waals surface area contributed by atoms with Crippen molar-refractivity contribution in [2.24, 2.45) is 0 Å². The number of nitrogens with zero attached hydrogens (tertiary/aromatic N) is 3. The van der Waals surface area contributed by atoms with Gasteiger partial charge in [0, 0.05) is 37.6 Å². The van der Waals surface area contributed by atoms with Gasteiger partial charge in [0.2, 0.25) is 5.95 Å². The zero-order valence-electron chi connectivity index (χ0n) is 20.4. The SMILES string of the molecule is CC1(C)OB(C(=Cc2cnc(N3CCCC3)nc2)CNC(=O)OCc2ccccc2)OC1(C)C. The van der Waals surface area contributed by atoms with E-state index in [1.165, 1.54) is 12.8 Å². The first kappa shape index (κ1) is 24.2. The van der Waals surface area contributed by atoms with Crippen molar-refractivity contribution in [2.45, 2.75) is 58.3 Å². The van der Waals surface area contributed by atoms with Crippen molar-refractivity contribution in [2.75, 3.05) is 24.5 Å². The van der Waals surface area contributed by atoms with Gasteiger partial charge < -0.3 is 24.3 Å². The summed E-state index contributed by atoms with van der Waals surface area (Å²) in [5.74, 6) is 0.745. The molecule has 2 fully saturated rings. The molecule has 0 unspecified atom stereocenters. The Balaban J connectivity index is 1.46. The van der Waals surface area contributed by atoms with Gasteiger partial charge in [-0.05, 0) is 51.6 Å². The first-order chi connectivity index (χ1) is 16.2. The van der Waals surface area contributed by atoms with Gasteiger partial charge in [0.15, 0.2) is 0 Å². The van der Waals surface area contributed by atoms with Gasteiger partial charge in [-0.15, -0.1) is 0 Å². The lowest BCUT2D eigenvalue weighted by molar-refractivity contribution is 0.00578. The molecular formula is C25H33BN4O4. The number of hydrogen-bond donors (Lipinski definition) is 1. The number of carbonyl (C=O) groups is 1. The van der Waals surface area contributed by atoms with E-state index >= 15 is 0 Å². The van der Waals surface area contributed by atoms with E-state index in [9.17, 15) is 4.79 Å². The second-order valence-electron chi connectivity index (χ2n) is 9.73. The standard InChI is InChI=1S/C25H33BN4O4/c1-24(2)25(3,4)34-26(33-24)21(17-29-23(31)32-18-19-10-6-5-7-11-19)14-20-15-27-22(28-16-20)30-12-8-9-13-30/h5-7,10-11,14-16H,8-9,12-13,17-18H2,1-4H3,(H,29,31). The van der Waals surface area contributed by atoms with Gasteiger partial charge in [0.05, 0.1) is 11.2 Å². The lowest BCUT2D eigenvalue weighted by atomic mass is 9.77. The molecule has 0 radical (unpaired) electrons. The summed E-state index contributed by atoms with van der Waals surface area (Å²) in [5.41, 5.74) is 1.50. The van der Waals surface area contributed by atoms with E-state index in [0.717, 1.165) is 35.6 Å². The molecule has 4 rings (SSSR count). The van der Waals surface area contributed by atoms with E-state index in [-0.39, 0.29) is 13.2 Å². The van der Waals surface area contributed by atoms with Gasteiger partial charge in [-0.2, -0.15) is 0 Å². The van der Waals surface area contributed by atoms with Crippen molar-refractivity contribution in [1.29, 1.82) is 0 Å². The van der Waals surface area contributed by atoms with Crippen LogP contribution in [0.25, 0.3) is 6.08 Å². The van der Waals surface area contributed by atoms with Crippen LogP contribution in [0.15, 0.2) is 48.2 Å². The highest BCUT2D eigenvalue weighted by molar-refractivity contribution is 6.56. The molecule has 34 heavy (non-hydrogen) atoms. The molecule has 2 aliphatic rings. The third-order valence-electron chi connectivity index (χ3n) is 6.60. The summed E-state index contributed by atoms with van der Waals surface area (Å²) in [5, 5.41) is 2.82. The Morgan fingerprint density at radius 2 is 1.71 bits per heavy atom. The summed E-state index contributed by atoms with van der Waals surface area (Å²) in [6.07, 6.45) is 7.32. The van der Waals surface area contributed by atoms with Crippen LogP contribution in [-0.4, -0.2) is 54.0 Å². The Labute approximate surface area is 201 Å². The Bertz CT molecular complexity index is 989. The average Bonchev–Trinajstić information content (AvgIpc) is 3.42. The van der Waals surface area contributed by atoms with Crippen LogP contribution in [0.3, 0.4) is 0 Å². The maximum atomic E-state index is 12.4. The van der Waals surface area contributed by atoms with E-state index in [1.54, 1.807) is 12.4 Å². The molecule has 0 spiro atoms. The minimum Gasteiger partial charge on any atom is -0.445 e. The van der Waals surface area contributed by atoms with Crippen molar-refractivity contribution in [3.05, 3.63) is 59.3 Å². The van der Waals surface area contributed by atoms with E-state index in [2.05, 4.69) is 20.2 Å². The molecule has 1 N–H and O–H groups in total. The van der Waals surface area contributed by atoms with Crippen LogP contribution in [-0.2, 0) is 20.7 Å². The van der Waals surface area contributed by atoms with Crippen LogP contribution in [0.1, 0.15) is 51.7 Å². The van der Waals surface area contributed by atoms with Crippen molar-refractivity contribution in [1.82, 2.24) is 15.3 Å². The van der Waals surface area contributed by atoms with E-state index in [0.29, 0.717) is 0 Å². The normalized spacial score (nSPS) is 19.4. The monoisotopic (exact) mass is 464 g/mol. The fourth-order valence-electron chi connectivity index (χ4n) is 3.85. The molecule has 2 aliphatic heterocycles. The van der Waals surface area contributed by atoms with Crippen LogP contribution in [0.2, 0.25) is 0 Å². The van der Waals surface area contributed by atoms with Crippen LogP contribution < -0.4 is 10.2 Å². The summed E-state index contributed by atoms with van der Waals surface area (Å²) in [7, 11) is -0.613. The number of rotatable bonds is 7. The number of alkyl carbamates (subject to hydrolysis) is 1. The Hall–Kier alpha value is -2.91. The molecule has 0 bridgehead atoms. The molecule has 9 heteroatoms. The first-order valence-electron chi connectivity index (χ1n) is 11.8. The quantitative estimate of drug-likeness (QED) is 0.620. The Morgan fingerprint density at radius 3 is 2.32 bits per heavy atom. The summed E-state index contributed by atoms with van der Waals surface area (Å²) < 4.78 is 17.8. The van der Waals surface area contributed by atoms with Crippen molar-refractivity contribution < 1.29 is 18.8 Å². The van der Waals surface area contributed by atoms with Gasteiger partial charge >= 0.3 is 13.2 Å². The third-order valence-corrected chi connectivity index (χ3v) is 6.60. The van der Waals surface area contributed by atoms with Crippen LogP contribution in [0, 0.1) is 0 Å². The molecule has 0 aliphatic carbocycles. The topological polar surface area (TPSA) is 85.8 Å². The number of carbonyl (C=O) groups excluding carboxylic acids is 1. The number of ether oxygens (including phenoxy) is 1. The largest absolute Gasteiger partial charge is 0.492 e. The number of hydrogen-bond acceptors (Lipinski definition) is 7. The van der Waals surface area contributed by atoms with Gasteiger partial charge in [0.25, 0.3) is 0 Å². The minimum atomic E-state index is -0.613. The second-order valence-corrected chi connectivity index (χ2v) is 9.73. The zero-order chi connectivity index (χ0) is 24.2. The molecule has 1 aromatic heterocycles. The molecule has 2 saturated heterocycles. The first-order valence-corrected chi connectivity index (χ1v) is 11.8.